The molecular formula is C12H6ClS2. The molecule has 0 bridgehead atoms. The van der Waals surface area contributed by atoms with Crippen LogP contribution in [0.4, 0.5) is 0 Å². The van der Waals surface area contributed by atoms with E-state index in [9.17, 15) is 0 Å². The van der Waals surface area contributed by atoms with Gasteiger partial charge in [-0.3, -0.25) is 0 Å². The zero-order chi connectivity index (χ0) is 10.3. The number of benzene rings is 2. The fourth-order valence-electron chi connectivity index (χ4n) is 1.45. The van der Waals surface area contributed by atoms with E-state index < -0.39 is 0 Å². The summed E-state index contributed by atoms with van der Waals surface area (Å²) >= 11 is 9.53. The summed E-state index contributed by atoms with van der Waals surface area (Å²) in [6.07, 6.45) is 0. The number of rotatable bonds is 0. The van der Waals surface area contributed by atoms with Crippen molar-refractivity contribution in [2.75, 3.05) is 0 Å². The molecule has 0 amide bonds. The smallest absolute Gasteiger partial charge is 0.0418 e. The van der Waals surface area contributed by atoms with Gasteiger partial charge in [0, 0.05) is 24.6 Å². The highest BCUT2D eigenvalue weighted by Crippen LogP contribution is 2.48. The predicted octanol–water partition coefficient (Wildman–Crippen LogP) is 4.76. The zero-order valence-corrected chi connectivity index (χ0v) is 10.0. The average molecular weight is 250 g/mol. The van der Waals surface area contributed by atoms with E-state index in [0.29, 0.717) is 0 Å². The highest BCUT2D eigenvalue weighted by atomic mass is 35.5. The Kier molecular flexibility index (Phi) is 2.43. The van der Waals surface area contributed by atoms with Crippen LogP contribution in [0.1, 0.15) is 0 Å². The first-order chi connectivity index (χ1) is 7.33. The van der Waals surface area contributed by atoms with E-state index in [4.69, 9.17) is 11.6 Å². The van der Waals surface area contributed by atoms with Crippen molar-refractivity contribution in [3.63, 3.8) is 0 Å². The molecule has 3 heteroatoms. The molecule has 1 radical (unpaired) electrons. The van der Waals surface area contributed by atoms with Crippen molar-refractivity contribution in [1.82, 2.24) is 0 Å². The van der Waals surface area contributed by atoms with Gasteiger partial charge >= 0.3 is 0 Å². The van der Waals surface area contributed by atoms with Gasteiger partial charge in [0.2, 0.25) is 0 Å². The standard InChI is InChI=1S/C12H6ClS2/c13-8-5-6-11-12(7-8)15-10-4-2-1-3-9(10)14-11/h1,3-7H. The second-order valence-electron chi connectivity index (χ2n) is 3.17. The van der Waals surface area contributed by atoms with Gasteiger partial charge in [0.15, 0.2) is 0 Å². The Morgan fingerprint density at radius 3 is 2.67 bits per heavy atom. The van der Waals surface area contributed by atoms with Crippen LogP contribution in [0.3, 0.4) is 0 Å². The number of halogens is 1. The SMILES string of the molecule is Clc1ccc2c(c1)Sc1c[c]ccc1S2. The highest BCUT2D eigenvalue weighted by molar-refractivity contribution is 8.05. The molecule has 0 N–H and O–H groups in total. The minimum atomic E-state index is 0.796. The molecule has 2 aromatic rings. The Balaban J connectivity index is 2.11. The van der Waals surface area contributed by atoms with Crippen LogP contribution in [0.5, 0.6) is 0 Å². The third kappa shape index (κ3) is 1.78. The van der Waals surface area contributed by atoms with Gasteiger partial charge in [-0.1, -0.05) is 41.2 Å². The van der Waals surface area contributed by atoms with E-state index in [-0.39, 0.29) is 0 Å². The van der Waals surface area contributed by atoms with Crippen LogP contribution in [-0.4, -0.2) is 0 Å². The van der Waals surface area contributed by atoms with Gasteiger partial charge in [-0.2, -0.15) is 0 Å². The van der Waals surface area contributed by atoms with E-state index in [1.54, 1.807) is 23.5 Å². The third-order valence-electron chi connectivity index (χ3n) is 2.13. The maximum absolute atomic E-state index is 5.97. The molecule has 1 aliphatic rings. The van der Waals surface area contributed by atoms with E-state index in [1.165, 1.54) is 19.6 Å². The van der Waals surface area contributed by atoms with E-state index in [0.717, 1.165) is 5.02 Å². The summed E-state index contributed by atoms with van der Waals surface area (Å²) in [6, 6.07) is 15.2. The molecule has 1 heterocycles. The molecule has 0 nitrogen and oxygen atoms in total. The van der Waals surface area contributed by atoms with Crippen LogP contribution in [0.2, 0.25) is 5.02 Å². The summed E-state index contributed by atoms with van der Waals surface area (Å²) in [6.45, 7) is 0. The molecule has 0 aromatic heterocycles. The molecular weight excluding hydrogens is 244 g/mol. The summed E-state index contributed by atoms with van der Waals surface area (Å²) in [5.41, 5.74) is 0. The van der Waals surface area contributed by atoms with Crippen LogP contribution >= 0.6 is 35.1 Å². The molecule has 0 fully saturated rings. The molecule has 0 saturated carbocycles. The van der Waals surface area contributed by atoms with Gasteiger partial charge in [-0.15, -0.1) is 0 Å². The molecule has 0 saturated heterocycles. The van der Waals surface area contributed by atoms with Crippen LogP contribution in [0.25, 0.3) is 0 Å². The second-order valence-corrected chi connectivity index (χ2v) is 5.77. The molecule has 15 heavy (non-hydrogen) atoms. The maximum atomic E-state index is 5.97. The molecule has 0 unspecified atom stereocenters. The van der Waals surface area contributed by atoms with Crippen molar-refractivity contribution in [2.45, 2.75) is 19.6 Å². The third-order valence-corrected chi connectivity index (χ3v) is 4.89. The number of hydrogen-bond acceptors (Lipinski definition) is 2. The molecule has 73 valence electrons. The maximum Gasteiger partial charge on any atom is 0.0418 e. The van der Waals surface area contributed by atoms with E-state index in [1.807, 2.05) is 24.3 Å². The Hall–Kier alpha value is -0.570. The summed E-state index contributed by atoms with van der Waals surface area (Å²) in [5.74, 6) is 0. The van der Waals surface area contributed by atoms with Crippen molar-refractivity contribution < 1.29 is 0 Å². The zero-order valence-electron chi connectivity index (χ0n) is 7.66. The van der Waals surface area contributed by atoms with Crippen molar-refractivity contribution in [2.24, 2.45) is 0 Å². The molecule has 0 spiro atoms. The molecule has 3 rings (SSSR count). The fraction of sp³-hybridized carbons (Fsp3) is 0. The Bertz CT molecular complexity index is 523. The molecule has 1 aliphatic heterocycles. The minimum absolute atomic E-state index is 0.796. The van der Waals surface area contributed by atoms with Crippen LogP contribution in [-0.2, 0) is 0 Å². The largest absolute Gasteiger partial charge is 0.0877 e. The Morgan fingerprint density at radius 2 is 1.73 bits per heavy atom. The first kappa shape index (κ1) is 9.64. The minimum Gasteiger partial charge on any atom is -0.0877 e. The summed E-state index contributed by atoms with van der Waals surface area (Å²) < 4.78 is 0. The topological polar surface area (TPSA) is 0 Å². The molecule has 0 aliphatic carbocycles. The molecule has 0 atom stereocenters. The van der Waals surface area contributed by atoms with E-state index in [2.05, 4.69) is 18.2 Å². The first-order valence-corrected chi connectivity index (χ1v) is 6.49. The van der Waals surface area contributed by atoms with Gasteiger partial charge in [-0.25, -0.2) is 0 Å². The van der Waals surface area contributed by atoms with Crippen LogP contribution in [0, 0.1) is 6.07 Å². The fourth-order valence-corrected chi connectivity index (χ4v) is 3.90. The molecule has 2 aromatic carbocycles. The van der Waals surface area contributed by atoms with Crippen molar-refractivity contribution in [3.05, 3.63) is 47.5 Å². The Morgan fingerprint density at radius 1 is 0.933 bits per heavy atom. The summed E-state index contributed by atoms with van der Waals surface area (Å²) in [7, 11) is 0. The average Bonchev–Trinajstić information content (AvgIpc) is 2.26. The lowest BCUT2D eigenvalue weighted by Gasteiger charge is -2.17. The summed E-state index contributed by atoms with van der Waals surface area (Å²) in [4.78, 5) is 5.08. The number of fused-ring (bicyclic) bond motifs is 2. The van der Waals surface area contributed by atoms with Gasteiger partial charge in [0.25, 0.3) is 0 Å². The Labute approximate surface area is 102 Å². The lowest BCUT2D eigenvalue weighted by molar-refractivity contribution is 1.16. The van der Waals surface area contributed by atoms with Gasteiger partial charge < -0.3 is 0 Å². The van der Waals surface area contributed by atoms with E-state index >= 15 is 0 Å². The quantitative estimate of drug-likeness (QED) is 0.564. The van der Waals surface area contributed by atoms with Crippen LogP contribution < -0.4 is 0 Å². The summed E-state index contributed by atoms with van der Waals surface area (Å²) in [5, 5.41) is 0.796. The normalized spacial score (nSPS) is 13.1. The highest BCUT2D eigenvalue weighted by Gasteiger charge is 2.16. The second kappa shape index (κ2) is 3.78. The van der Waals surface area contributed by atoms with Crippen LogP contribution in [0.15, 0.2) is 56.0 Å². The van der Waals surface area contributed by atoms with Crippen molar-refractivity contribution in [3.8, 4) is 0 Å². The predicted molar refractivity (Wildman–Crippen MR) is 65.0 cm³/mol. The van der Waals surface area contributed by atoms with Gasteiger partial charge in [0.05, 0.1) is 0 Å². The lowest BCUT2D eigenvalue weighted by atomic mass is 10.3. The first-order valence-electron chi connectivity index (χ1n) is 4.48. The van der Waals surface area contributed by atoms with Gasteiger partial charge in [0.1, 0.15) is 0 Å². The number of hydrogen-bond donors (Lipinski definition) is 0. The monoisotopic (exact) mass is 249 g/mol. The van der Waals surface area contributed by atoms with Gasteiger partial charge in [-0.05, 0) is 36.4 Å². The van der Waals surface area contributed by atoms with Crippen molar-refractivity contribution in [1.29, 1.82) is 0 Å². The van der Waals surface area contributed by atoms with Crippen molar-refractivity contribution >= 4 is 35.1 Å². The lowest BCUT2D eigenvalue weighted by Crippen LogP contribution is -1.88.